The molecule has 1 aromatic heterocycles. The highest BCUT2D eigenvalue weighted by Crippen LogP contribution is 2.27. The maximum atomic E-state index is 7.00. The Morgan fingerprint density at radius 3 is 1.27 bits per heavy atom. The van der Waals surface area contributed by atoms with Crippen molar-refractivity contribution in [3.05, 3.63) is 90.0 Å². The van der Waals surface area contributed by atoms with Crippen molar-refractivity contribution >= 4 is 0 Å². The number of ether oxygens (including phenoxy) is 1. The van der Waals surface area contributed by atoms with Gasteiger partial charge in [0.05, 0.1) is 0 Å². The van der Waals surface area contributed by atoms with Crippen molar-refractivity contribution < 1.29 is 9.84 Å². The Morgan fingerprint density at radius 2 is 0.879 bits per heavy atom. The minimum Gasteiger partial charge on any atom is -0.400 e. The molecule has 1 heterocycles. The van der Waals surface area contributed by atoms with E-state index in [9.17, 15) is 0 Å². The van der Waals surface area contributed by atoms with E-state index in [0.717, 1.165) is 34.9 Å². The van der Waals surface area contributed by atoms with Gasteiger partial charge in [0.25, 0.3) is 0 Å². The highest BCUT2D eigenvalue weighted by molar-refractivity contribution is 5.69. The van der Waals surface area contributed by atoms with Crippen LogP contribution in [0.3, 0.4) is 0 Å². The van der Waals surface area contributed by atoms with Crippen LogP contribution in [0.25, 0.3) is 34.2 Å². The number of methoxy groups -OCH3 is 1. The average Bonchev–Trinajstić information content (AvgIpc) is 2.88. The molecule has 0 spiro atoms. The molecule has 33 heavy (non-hydrogen) atoms. The van der Waals surface area contributed by atoms with Crippen molar-refractivity contribution in [2.75, 3.05) is 21.3 Å². The molecular formula is C28H35N3O2. The number of hydrogen-bond donors (Lipinski definition) is 1. The van der Waals surface area contributed by atoms with Gasteiger partial charge in [-0.1, -0.05) is 92.7 Å². The maximum absolute atomic E-state index is 7.00. The van der Waals surface area contributed by atoms with E-state index in [0.29, 0.717) is 17.5 Å². The molecule has 0 atom stereocenters. The molecule has 5 heteroatoms. The summed E-state index contributed by atoms with van der Waals surface area (Å²) in [5.41, 5.74) is 5.34. The third kappa shape index (κ3) is 7.90. The molecule has 3 aromatic carbocycles. The second kappa shape index (κ2) is 15.4. The zero-order valence-electron chi connectivity index (χ0n) is 20.7. The number of aryl methyl sites for hydroxylation is 2. The molecule has 1 N–H and O–H groups in total. The fraction of sp³-hybridized carbons (Fsp3) is 0.250. The van der Waals surface area contributed by atoms with Crippen molar-refractivity contribution in [3.63, 3.8) is 0 Å². The Morgan fingerprint density at radius 1 is 0.545 bits per heavy atom. The Balaban J connectivity index is 0.000000705. The van der Waals surface area contributed by atoms with Crippen LogP contribution in [-0.4, -0.2) is 41.4 Å². The summed E-state index contributed by atoms with van der Waals surface area (Å²) in [6.45, 7) is 8.16. The molecule has 4 rings (SSSR count). The molecule has 0 amide bonds. The summed E-state index contributed by atoms with van der Waals surface area (Å²) in [6.07, 6.45) is 0. The van der Waals surface area contributed by atoms with Crippen LogP contribution in [0.5, 0.6) is 0 Å². The summed E-state index contributed by atoms with van der Waals surface area (Å²) in [4.78, 5) is 14.3. The van der Waals surface area contributed by atoms with Gasteiger partial charge in [-0.25, -0.2) is 15.0 Å². The van der Waals surface area contributed by atoms with Gasteiger partial charge < -0.3 is 9.84 Å². The van der Waals surface area contributed by atoms with Crippen LogP contribution in [0.1, 0.15) is 25.0 Å². The van der Waals surface area contributed by atoms with Crippen molar-refractivity contribution in [3.8, 4) is 34.2 Å². The lowest BCUT2D eigenvalue weighted by Gasteiger charge is -2.11. The number of aromatic nitrogens is 3. The minimum atomic E-state index is 0.692. The summed E-state index contributed by atoms with van der Waals surface area (Å²) >= 11 is 0. The standard InChI is InChI=1S/C23H19N3.C2H6O.C2H6.CH4O/c1-16-10-6-8-14-19(16)22-24-21(18-12-4-3-5-13-18)25-23(26-22)20-15-9-7-11-17(20)2;1-3-2;2*1-2/h3-15H,1-2H3;1-2H3;1-2H3;2H,1H3. The molecule has 174 valence electrons. The molecule has 5 nitrogen and oxygen atoms in total. The first-order valence-corrected chi connectivity index (χ1v) is 10.9. The topological polar surface area (TPSA) is 68.1 Å². The lowest BCUT2D eigenvalue weighted by molar-refractivity contribution is 0.277. The summed E-state index contributed by atoms with van der Waals surface area (Å²) in [5, 5.41) is 7.00. The monoisotopic (exact) mass is 445 g/mol. The zero-order chi connectivity index (χ0) is 24.6. The Kier molecular flexibility index (Phi) is 12.9. The quantitative estimate of drug-likeness (QED) is 0.396. The fourth-order valence-corrected chi connectivity index (χ4v) is 2.98. The van der Waals surface area contributed by atoms with Crippen LogP contribution in [-0.2, 0) is 4.74 Å². The van der Waals surface area contributed by atoms with Gasteiger partial charge in [-0.15, -0.1) is 0 Å². The molecule has 0 radical (unpaired) electrons. The van der Waals surface area contributed by atoms with Crippen LogP contribution in [0.2, 0.25) is 0 Å². The molecular weight excluding hydrogens is 410 g/mol. The number of aliphatic hydroxyl groups is 1. The van der Waals surface area contributed by atoms with Crippen molar-refractivity contribution in [1.82, 2.24) is 15.0 Å². The van der Waals surface area contributed by atoms with Gasteiger partial charge in [0.15, 0.2) is 17.5 Å². The maximum Gasteiger partial charge on any atom is 0.164 e. The third-order valence-corrected chi connectivity index (χ3v) is 4.44. The summed E-state index contributed by atoms with van der Waals surface area (Å²) in [5.74, 6) is 2.10. The van der Waals surface area contributed by atoms with Crippen LogP contribution in [0, 0.1) is 13.8 Å². The van der Waals surface area contributed by atoms with Gasteiger partial charge >= 0.3 is 0 Å². The highest BCUT2D eigenvalue weighted by Gasteiger charge is 2.14. The second-order valence-corrected chi connectivity index (χ2v) is 6.71. The molecule has 0 unspecified atom stereocenters. The molecule has 0 saturated heterocycles. The number of benzene rings is 3. The van der Waals surface area contributed by atoms with Gasteiger partial charge in [-0.05, 0) is 25.0 Å². The number of aliphatic hydroxyl groups excluding tert-OH is 1. The molecule has 0 saturated carbocycles. The van der Waals surface area contributed by atoms with E-state index in [1.165, 1.54) is 0 Å². The summed E-state index contributed by atoms with van der Waals surface area (Å²) in [6, 6.07) is 26.4. The average molecular weight is 446 g/mol. The smallest absolute Gasteiger partial charge is 0.164 e. The van der Waals surface area contributed by atoms with Crippen LogP contribution in [0.4, 0.5) is 0 Å². The van der Waals surface area contributed by atoms with Gasteiger partial charge in [-0.3, -0.25) is 0 Å². The van der Waals surface area contributed by atoms with Crippen molar-refractivity contribution in [1.29, 1.82) is 0 Å². The molecule has 0 bridgehead atoms. The predicted molar refractivity (Wildman–Crippen MR) is 138 cm³/mol. The molecule has 0 aliphatic rings. The van der Waals surface area contributed by atoms with Gasteiger partial charge in [-0.2, -0.15) is 0 Å². The minimum absolute atomic E-state index is 0.692. The molecule has 0 fully saturated rings. The lowest BCUT2D eigenvalue weighted by atomic mass is 10.1. The van der Waals surface area contributed by atoms with E-state index in [-0.39, 0.29) is 0 Å². The van der Waals surface area contributed by atoms with Gasteiger partial charge in [0.2, 0.25) is 0 Å². The van der Waals surface area contributed by atoms with E-state index < -0.39 is 0 Å². The van der Waals surface area contributed by atoms with E-state index in [2.05, 4.69) is 42.8 Å². The Hall–Kier alpha value is -3.41. The van der Waals surface area contributed by atoms with Crippen LogP contribution >= 0.6 is 0 Å². The second-order valence-electron chi connectivity index (χ2n) is 6.71. The molecule has 4 aromatic rings. The highest BCUT2D eigenvalue weighted by atomic mass is 16.4. The summed E-state index contributed by atoms with van der Waals surface area (Å²) in [7, 11) is 4.25. The first-order valence-electron chi connectivity index (χ1n) is 10.9. The third-order valence-electron chi connectivity index (χ3n) is 4.44. The van der Waals surface area contributed by atoms with Crippen molar-refractivity contribution in [2.45, 2.75) is 27.7 Å². The van der Waals surface area contributed by atoms with E-state index >= 15 is 0 Å². The van der Waals surface area contributed by atoms with E-state index in [1.807, 2.05) is 68.4 Å². The number of hydrogen-bond acceptors (Lipinski definition) is 5. The largest absolute Gasteiger partial charge is 0.400 e. The Labute approximate surface area is 198 Å². The first-order chi connectivity index (χ1) is 16.1. The number of rotatable bonds is 3. The zero-order valence-corrected chi connectivity index (χ0v) is 20.7. The number of nitrogens with zero attached hydrogens (tertiary/aromatic N) is 3. The van der Waals surface area contributed by atoms with Gasteiger partial charge in [0.1, 0.15) is 0 Å². The SMILES string of the molecule is CC.CO.COC.Cc1ccccc1-c1nc(-c2ccccc2)nc(-c2ccccc2C)n1. The lowest BCUT2D eigenvalue weighted by Crippen LogP contribution is -2.01. The normalized spacial score (nSPS) is 9.33. The first kappa shape index (κ1) is 27.6. The van der Waals surface area contributed by atoms with Crippen molar-refractivity contribution in [2.24, 2.45) is 0 Å². The van der Waals surface area contributed by atoms with Crippen LogP contribution in [0.15, 0.2) is 78.9 Å². The molecule has 0 aliphatic heterocycles. The predicted octanol–water partition coefficient (Wildman–Crippen LogP) is 6.39. The van der Waals surface area contributed by atoms with E-state index in [4.69, 9.17) is 20.1 Å². The van der Waals surface area contributed by atoms with Crippen LogP contribution < -0.4 is 0 Å². The van der Waals surface area contributed by atoms with Gasteiger partial charge in [0, 0.05) is 38.0 Å². The summed E-state index contributed by atoms with van der Waals surface area (Å²) < 4.78 is 4.25. The Bertz CT molecular complexity index is 1020. The fourth-order valence-electron chi connectivity index (χ4n) is 2.98. The van der Waals surface area contributed by atoms with E-state index in [1.54, 1.807) is 14.2 Å². The molecule has 0 aliphatic carbocycles.